The van der Waals surface area contributed by atoms with Gasteiger partial charge in [0.1, 0.15) is 0 Å². The summed E-state index contributed by atoms with van der Waals surface area (Å²) in [4.78, 5) is 10.3. The van der Waals surface area contributed by atoms with Crippen LogP contribution in [0.25, 0.3) is 0 Å². The quantitative estimate of drug-likeness (QED) is 0.515. The molecule has 0 saturated carbocycles. The van der Waals surface area contributed by atoms with Crippen LogP contribution in [-0.4, -0.2) is 11.1 Å². The van der Waals surface area contributed by atoms with Crippen LogP contribution in [0.4, 0.5) is 5.69 Å². The van der Waals surface area contributed by atoms with Gasteiger partial charge in [-0.2, -0.15) is 0 Å². The zero-order chi connectivity index (χ0) is 7.56. The largest absolute Gasteiger partial charge is 0.478 e. The van der Waals surface area contributed by atoms with E-state index >= 15 is 0 Å². The maximum Gasteiger partial charge on any atom is 0.335 e. The Morgan fingerprint density at radius 3 is 2.09 bits per heavy atom. The van der Waals surface area contributed by atoms with E-state index in [4.69, 9.17) is 10.8 Å². The predicted molar refractivity (Wildman–Crippen MR) is 37.8 cm³/mol. The van der Waals surface area contributed by atoms with Gasteiger partial charge in [-0.3, -0.25) is 0 Å². The van der Waals surface area contributed by atoms with Crippen LogP contribution in [0.1, 0.15) is 10.4 Å². The van der Waals surface area contributed by atoms with Crippen LogP contribution in [0.5, 0.6) is 0 Å². The van der Waals surface area contributed by atoms with Crippen molar-refractivity contribution < 1.29 is 27.0 Å². The van der Waals surface area contributed by atoms with Gasteiger partial charge >= 0.3 is 5.97 Å². The summed E-state index contributed by atoms with van der Waals surface area (Å²) in [5.41, 5.74) is 6.17. The topological polar surface area (TPSA) is 63.3 Å². The van der Waals surface area contributed by atoms with Crippen LogP contribution >= 0.6 is 0 Å². The number of hydrogen-bond acceptors (Lipinski definition) is 2. The van der Waals surface area contributed by atoms with Gasteiger partial charge in [0.2, 0.25) is 0 Å². The summed E-state index contributed by atoms with van der Waals surface area (Å²) in [6.07, 6.45) is 0. The first-order chi connectivity index (χ1) is 4.70. The molecule has 4 heteroatoms. The van der Waals surface area contributed by atoms with Crippen molar-refractivity contribution in [3.05, 3.63) is 29.8 Å². The summed E-state index contributed by atoms with van der Waals surface area (Å²) >= 11 is 0. The molecular formula is C7H7FeNO2. The van der Waals surface area contributed by atoms with E-state index in [1.165, 1.54) is 12.1 Å². The number of aromatic carboxylic acids is 1. The third kappa shape index (κ3) is 2.62. The predicted octanol–water partition coefficient (Wildman–Crippen LogP) is 0.965. The Hall–Kier alpha value is -0.991. The fourth-order valence-electron chi connectivity index (χ4n) is 0.626. The van der Waals surface area contributed by atoms with Gasteiger partial charge in [0.15, 0.2) is 0 Å². The second kappa shape index (κ2) is 4.01. The molecule has 0 saturated heterocycles. The monoisotopic (exact) mass is 193 g/mol. The van der Waals surface area contributed by atoms with Gasteiger partial charge in [-0.15, -0.1) is 0 Å². The zero-order valence-corrected chi connectivity index (χ0v) is 6.70. The van der Waals surface area contributed by atoms with Crippen molar-refractivity contribution in [2.75, 3.05) is 5.73 Å². The maximum atomic E-state index is 10.3. The molecule has 1 rings (SSSR count). The van der Waals surface area contributed by atoms with E-state index in [2.05, 4.69) is 0 Å². The molecule has 0 fully saturated rings. The summed E-state index contributed by atoms with van der Waals surface area (Å²) < 4.78 is 0. The molecular weight excluding hydrogens is 186 g/mol. The first kappa shape index (κ1) is 10.0. The second-order valence-corrected chi connectivity index (χ2v) is 1.93. The van der Waals surface area contributed by atoms with E-state index in [0.29, 0.717) is 5.69 Å². The molecule has 60 valence electrons. The van der Waals surface area contributed by atoms with Gasteiger partial charge in [0.25, 0.3) is 0 Å². The minimum atomic E-state index is -0.931. The number of anilines is 1. The third-order valence-electron chi connectivity index (χ3n) is 1.16. The van der Waals surface area contributed by atoms with Gasteiger partial charge < -0.3 is 10.8 Å². The minimum absolute atomic E-state index is 0. The number of rotatable bonds is 1. The Kier molecular flexibility index (Phi) is 3.65. The first-order valence-corrected chi connectivity index (χ1v) is 2.79. The average Bonchev–Trinajstić information content (AvgIpc) is 1.88. The van der Waals surface area contributed by atoms with Crippen LogP contribution in [0, 0.1) is 0 Å². The molecule has 0 heterocycles. The van der Waals surface area contributed by atoms with Crippen molar-refractivity contribution in [2.45, 2.75) is 0 Å². The Morgan fingerprint density at radius 2 is 1.73 bits per heavy atom. The molecule has 0 aromatic heterocycles. The van der Waals surface area contributed by atoms with E-state index in [1.54, 1.807) is 12.1 Å². The first-order valence-electron chi connectivity index (χ1n) is 2.79. The van der Waals surface area contributed by atoms with Crippen LogP contribution in [0.15, 0.2) is 24.3 Å². The number of carboxylic acid groups (broad SMARTS) is 1. The van der Waals surface area contributed by atoms with Crippen molar-refractivity contribution in [3.8, 4) is 0 Å². The molecule has 0 spiro atoms. The zero-order valence-electron chi connectivity index (χ0n) is 5.60. The molecule has 0 aliphatic rings. The van der Waals surface area contributed by atoms with Crippen molar-refractivity contribution in [2.24, 2.45) is 0 Å². The van der Waals surface area contributed by atoms with E-state index in [-0.39, 0.29) is 22.6 Å². The molecule has 1 aromatic carbocycles. The molecule has 3 N–H and O–H groups in total. The Morgan fingerprint density at radius 1 is 1.27 bits per heavy atom. The maximum absolute atomic E-state index is 10.3. The number of benzene rings is 1. The van der Waals surface area contributed by atoms with Crippen molar-refractivity contribution in [3.63, 3.8) is 0 Å². The molecule has 0 amide bonds. The average molecular weight is 193 g/mol. The molecule has 0 aliphatic heterocycles. The van der Waals surface area contributed by atoms with Crippen molar-refractivity contribution in [1.29, 1.82) is 0 Å². The smallest absolute Gasteiger partial charge is 0.335 e. The van der Waals surface area contributed by atoms with Crippen molar-refractivity contribution >= 4 is 11.7 Å². The van der Waals surface area contributed by atoms with E-state index in [0.717, 1.165) is 0 Å². The standard InChI is InChI=1S/C7H7NO2.Fe/c8-6-3-1-5(2-4-6)7(9)10;/h1-4H,8H2,(H,9,10);. The summed E-state index contributed by atoms with van der Waals surface area (Å²) in [7, 11) is 0. The van der Waals surface area contributed by atoms with E-state index in [9.17, 15) is 4.79 Å². The van der Waals surface area contributed by atoms with Crippen molar-refractivity contribution in [1.82, 2.24) is 0 Å². The van der Waals surface area contributed by atoms with Crippen LogP contribution in [0.2, 0.25) is 0 Å². The van der Waals surface area contributed by atoms with Gasteiger partial charge in [-0.05, 0) is 24.3 Å². The van der Waals surface area contributed by atoms with E-state index in [1.807, 2.05) is 0 Å². The van der Waals surface area contributed by atoms with Crippen LogP contribution in [-0.2, 0) is 17.1 Å². The fraction of sp³-hybridized carbons (Fsp3) is 0. The van der Waals surface area contributed by atoms with Gasteiger partial charge in [-0.1, -0.05) is 0 Å². The number of carboxylic acids is 1. The Labute approximate surface area is 74.7 Å². The number of hydrogen-bond donors (Lipinski definition) is 2. The second-order valence-electron chi connectivity index (χ2n) is 1.93. The molecule has 1 aromatic rings. The van der Waals surface area contributed by atoms with Gasteiger partial charge in [0.05, 0.1) is 5.56 Å². The SMILES string of the molecule is Nc1ccc(C(=O)O)cc1.[Fe]. The molecule has 0 aliphatic carbocycles. The number of nitrogen functional groups attached to an aromatic ring is 1. The van der Waals surface area contributed by atoms with Gasteiger partial charge in [-0.25, -0.2) is 4.79 Å². The summed E-state index contributed by atoms with van der Waals surface area (Å²) in [5.74, 6) is -0.931. The van der Waals surface area contributed by atoms with Crippen LogP contribution in [0.3, 0.4) is 0 Å². The molecule has 11 heavy (non-hydrogen) atoms. The normalized spacial score (nSPS) is 8.36. The van der Waals surface area contributed by atoms with Crippen LogP contribution < -0.4 is 5.73 Å². The molecule has 0 unspecified atom stereocenters. The molecule has 3 nitrogen and oxygen atoms in total. The van der Waals surface area contributed by atoms with Gasteiger partial charge in [0, 0.05) is 22.8 Å². The molecule has 0 radical (unpaired) electrons. The third-order valence-corrected chi connectivity index (χ3v) is 1.16. The fourth-order valence-corrected chi connectivity index (χ4v) is 0.626. The Bertz CT molecular complexity index is 245. The molecule has 0 atom stereocenters. The minimum Gasteiger partial charge on any atom is -0.478 e. The number of carbonyl (C=O) groups is 1. The number of nitrogens with two attached hydrogens (primary N) is 1. The van der Waals surface area contributed by atoms with E-state index < -0.39 is 5.97 Å². The summed E-state index contributed by atoms with van der Waals surface area (Å²) in [5, 5.41) is 8.43. The Balaban J connectivity index is 0.000001000. The molecule has 0 bridgehead atoms. The summed E-state index contributed by atoms with van der Waals surface area (Å²) in [6.45, 7) is 0. The summed E-state index contributed by atoms with van der Waals surface area (Å²) in [6, 6.07) is 6.06.